The molecule has 0 radical (unpaired) electrons. The van der Waals surface area contributed by atoms with E-state index in [0.29, 0.717) is 0 Å². The maximum Gasteiger partial charge on any atom is 0.319 e. The molecule has 6 heteroatoms. The van der Waals surface area contributed by atoms with E-state index in [9.17, 15) is 4.79 Å². The predicted octanol–water partition coefficient (Wildman–Crippen LogP) is 3.68. The number of para-hydroxylation sites is 1. The van der Waals surface area contributed by atoms with Gasteiger partial charge in [0, 0.05) is 35.5 Å². The Morgan fingerprint density at radius 1 is 1.12 bits per heavy atom. The number of anilines is 1. The van der Waals surface area contributed by atoms with Crippen LogP contribution in [0, 0.1) is 0 Å². The van der Waals surface area contributed by atoms with E-state index in [2.05, 4.69) is 27.7 Å². The fourth-order valence-corrected chi connectivity index (χ4v) is 3.80. The summed E-state index contributed by atoms with van der Waals surface area (Å²) in [6.45, 7) is 6.23. The molecule has 0 saturated carbocycles. The lowest BCUT2D eigenvalue weighted by atomic mass is 10.3. The maximum absolute atomic E-state index is 12.4. The first-order chi connectivity index (χ1) is 12.7. The first kappa shape index (κ1) is 18.8. The van der Waals surface area contributed by atoms with Gasteiger partial charge in [0.25, 0.3) is 0 Å². The van der Waals surface area contributed by atoms with Crippen LogP contribution in [0.2, 0.25) is 0 Å². The first-order valence-corrected chi connectivity index (χ1v) is 9.72. The molecule has 1 aliphatic heterocycles. The molecule has 26 heavy (non-hydrogen) atoms. The third-order valence-corrected chi connectivity index (χ3v) is 5.20. The van der Waals surface area contributed by atoms with Crippen molar-refractivity contribution in [2.75, 3.05) is 38.2 Å². The number of ether oxygens (including phenoxy) is 1. The highest BCUT2D eigenvalue weighted by Crippen LogP contribution is 2.33. The van der Waals surface area contributed by atoms with Crippen molar-refractivity contribution in [2.45, 2.75) is 22.8 Å². The van der Waals surface area contributed by atoms with E-state index in [-0.39, 0.29) is 12.1 Å². The SMILES string of the molecule is CC(CN1CCOCC1)NC(=O)Nc1ccccc1Sc1ccccc1. The maximum atomic E-state index is 12.4. The second-order valence-corrected chi connectivity index (χ2v) is 7.44. The van der Waals surface area contributed by atoms with Crippen molar-refractivity contribution >= 4 is 23.5 Å². The zero-order chi connectivity index (χ0) is 18.2. The topological polar surface area (TPSA) is 53.6 Å². The van der Waals surface area contributed by atoms with Crippen LogP contribution in [-0.2, 0) is 4.74 Å². The second kappa shape index (κ2) is 9.62. The number of nitrogens with one attached hydrogen (secondary N) is 2. The van der Waals surface area contributed by atoms with Crippen LogP contribution < -0.4 is 10.6 Å². The van der Waals surface area contributed by atoms with Crippen molar-refractivity contribution in [1.29, 1.82) is 0 Å². The zero-order valence-electron chi connectivity index (χ0n) is 15.0. The van der Waals surface area contributed by atoms with Crippen molar-refractivity contribution in [3.05, 3.63) is 54.6 Å². The standard InChI is InChI=1S/C20H25N3O2S/c1-16(15-23-11-13-25-14-12-23)21-20(24)22-18-9-5-6-10-19(18)26-17-7-3-2-4-8-17/h2-10,16H,11-15H2,1H3,(H2,21,22,24). The molecule has 2 N–H and O–H groups in total. The van der Waals surface area contributed by atoms with Gasteiger partial charge in [0.2, 0.25) is 0 Å². The molecule has 1 fully saturated rings. The number of rotatable bonds is 6. The molecule has 2 aromatic carbocycles. The van der Waals surface area contributed by atoms with E-state index in [1.54, 1.807) is 11.8 Å². The molecular formula is C20H25N3O2S. The molecule has 0 aromatic heterocycles. The van der Waals surface area contributed by atoms with Crippen LogP contribution in [-0.4, -0.2) is 49.8 Å². The highest BCUT2D eigenvalue weighted by molar-refractivity contribution is 7.99. The summed E-state index contributed by atoms with van der Waals surface area (Å²) in [6.07, 6.45) is 0. The first-order valence-electron chi connectivity index (χ1n) is 8.90. The van der Waals surface area contributed by atoms with Gasteiger partial charge in [0.1, 0.15) is 0 Å². The molecule has 0 spiro atoms. The van der Waals surface area contributed by atoms with Crippen LogP contribution >= 0.6 is 11.8 Å². The molecule has 138 valence electrons. The lowest BCUT2D eigenvalue weighted by Gasteiger charge is -2.29. The highest BCUT2D eigenvalue weighted by Gasteiger charge is 2.15. The number of amides is 2. The molecule has 3 rings (SSSR count). The van der Waals surface area contributed by atoms with Crippen LogP contribution in [0.4, 0.5) is 10.5 Å². The fourth-order valence-electron chi connectivity index (χ4n) is 2.87. The third-order valence-electron chi connectivity index (χ3n) is 4.12. The normalized spacial score (nSPS) is 16.0. The number of carbonyl (C=O) groups is 1. The van der Waals surface area contributed by atoms with Crippen LogP contribution in [0.25, 0.3) is 0 Å². The summed E-state index contributed by atoms with van der Waals surface area (Å²) in [5, 5.41) is 6.01. The number of benzene rings is 2. The summed E-state index contributed by atoms with van der Waals surface area (Å²) in [4.78, 5) is 16.9. The summed E-state index contributed by atoms with van der Waals surface area (Å²) in [6, 6.07) is 17.9. The molecule has 0 aliphatic carbocycles. The smallest absolute Gasteiger partial charge is 0.319 e. The average molecular weight is 372 g/mol. The van der Waals surface area contributed by atoms with Crippen LogP contribution in [0.1, 0.15) is 6.92 Å². The van der Waals surface area contributed by atoms with Crippen LogP contribution in [0.5, 0.6) is 0 Å². The van der Waals surface area contributed by atoms with Gasteiger partial charge >= 0.3 is 6.03 Å². The Kier molecular flexibility index (Phi) is 6.94. The summed E-state index contributed by atoms with van der Waals surface area (Å²) < 4.78 is 5.36. The number of nitrogens with zero attached hydrogens (tertiary/aromatic N) is 1. The van der Waals surface area contributed by atoms with Gasteiger partial charge in [0.05, 0.1) is 18.9 Å². The average Bonchev–Trinajstić information content (AvgIpc) is 2.65. The third kappa shape index (κ3) is 5.76. The predicted molar refractivity (Wildman–Crippen MR) is 106 cm³/mol. The minimum Gasteiger partial charge on any atom is -0.379 e. The quantitative estimate of drug-likeness (QED) is 0.813. The van der Waals surface area contributed by atoms with Crippen molar-refractivity contribution in [1.82, 2.24) is 10.2 Å². The van der Waals surface area contributed by atoms with E-state index in [1.165, 1.54) is 0 Å². The summed E-state index contributed by atoms with van der Waals surface area (Å²) >= 11 is 1.64. The Morgan fingerprint density at radius 3 is 2.58 bits per heavy atom. The molecule has 1 unspecified atom stereocenters. The van der Waals surface area contributed by atoms with Gasteiger partial charge in [-0.3, -0.25) is 4.90 Å². The van der Waals surface area contributed by atoms with E-state index < -0.39 is 0 Å². The molecule has 1 atom stereocenters. The van der Waals surface area contributed by atoms with Gasteiger partial charge in [-0.1, -0.05) is 42.1 Å². The number of morpholine rings is 1. The number of hydrogen-bond donors (Lipinski definition) is 2. The molecule has 0 bridgehead atoms. The highest BCUT2D eigenvalue weighted by atomic mass is 32.2. The Hall–Kier alpha value is -2.02. The Morgan fingerprint density at radius 2 is 1.81 bits per heavy atom. The Labute approximate surface area is 159 Å². The summed E-state index contributed by atoms with van der Waals surface area (Å²) in [5.41, 5.74) is 0.817. The van der Waals surface area contributed by atoms with Crippen molar-refractivity contribution < 1.29 is 9.53 Å². The van der Waals surface area contributed by atoms with Crippen LogP contribution in [0.3, 0.4) is 0 Å². The van der Waals surface area contributed by atoms with Gasteiger partial charge in [-0.2, -0.15) is 0 Å². The summed E-state index contributed by atoms with van der Waals surface area (Å²) in [5.74, 6) is 0. The molecule has 1 saturated heterocycles. The molecule has 2 amide bonds. The van der Waals surface area contributed by atoms with E-state index in [0.717, 1.165) is 48.3 Å². The largest absolute Gasteiger partial charge is 0.379 e. The van der Waals surface area contributed by atoms with Gasteiger partial charge in [0.15, 0.2) is 0 Å². The molecule has 1 heterocycles. The number of urea groups is 1. The summed E-state index contributed by atoms with van der Waals surface area (Å²) in [7, 11) is 0. The molecule has 1 aliphatic rings. The minimum atomic E-state index is -0.174. The van der Waals surface area contributed by atoms with E-state index >= 15 is 0 Å². The van der Waals surface area contributed by atoms with Gasteiger partial charge in [-0.25, -0.2) is 4.79 Å². The molecular weight excluding hydrogens is 346 g/mol. The molecule has 2 aromatic rings. The lowest BCUT2D eigenvalue weighted by Crippen LogP contribution is -2.47. The van der Waals surface area contributed by atoms with E-state index in [4.69, 9.17) is 4.74 Å². The molecule has 5 nitrogen and oxygen atoms in total. The Balaban J connectivity index is 1.55. The minimum absolute atomic E-state index is 0.0713. The lowest BCUT2D eigenvalue weighted by molar-refractivity contribution is 0.0350. The Bertz CT molecular complexity index is 705. The second-order valence-electron chi connectivity index (χ2n) is 6.32. The fraction of sp³-hybridized carbons (Fsp3) is 0.350. The van der Waals surface area contributed by atoms with E-state index in [1.807, 2.05) is 49.4 Å². The van der Waals surface area contributed by atoms with Crippen molar-refractivity contribution in [3.63, 3.8) is 0 Å². The number of hydrogen-bond acceptors (Lipinski definition) is 4. The van der Waals surface area contributed by atoms with Gasteiger partial charge in [-0.15, -0.1) is 0 Å². The monoisotopic (exact) mass is 371 g/mol. The van der Waals surface area contributed by atoms with Crippen molar-refractivity contribution in [2.24, 2.45) is 0 Å². The van der Waals surface area contributed by atoms with Crippen molar-refractivity contribution in [3.8, 4) is 0 Å². The van der Waals surface area contributed by atoms with Gasteiger partial charge < -0.3 is 15.4 Å². The van der Waals surface area contributed by atoms with Gasteiger partial charge in [-0.05, 0) is 31.2 Å². The van der Waals surface area contributed by atoms with Crippen LogP contribution in [0.15, 0.2) is 64.4 Å². The number of carbonyl (C=O) groups excluding carboxylic acids is 1. The zero-order valence-corrected chi connectivity index (χ0v) is 15.8.